The van der Waals surface area contributed by atoms with E-state index in [0.29, 0.717) is 6.04 Å². The summed E-state index contributed by atoms with van der Waals surface area (Å²) in [5, 5.41) is 3.43. The van der Waals surface area contributed by atoms with Gasteiger partial charge in [0.2, 0.25) is 0 Å². The summed E-state index contributed by atoms with van der Waals surface area (Å²) in [5.74, 6) is 0. The van der Waals surface area contributed by atoms with Crippen LogP contribution in [-0.4, -0.2) is 44.8 Å². The molecule has 114 valence electrons. The predicted octanol–water partition coefficient (Wildman–Crippen LogP) is 3.00. The molecular weight excluding hydrogens is 248 g/mol. The lowest BCUT2D eigenvalue weighted by Crippen LogP contribution is -2.31. The Hall–Kier alpha value is -0.900. The molecule has 1 N–H and O–H groups in total. The van der Waals surface area contributed by atoms with E-state index in [-0.39, 0.29) is 0 Å². The Morgan fingerprint density at radius 2 is 1.85 bits per heavy atom. The molecule has 0 amide bonds. The smallest absolute Gasteiger partial charge is 0.0593 e. The normalized spacial score (nSPS) is 12.8. The van der Waals surface area contributed by atoms with Gasteiger partial charge < -0.3 is 15.0 Å². The van der Waals surface area contributed by atoms with Crippen LogP contribution in [0.2, 0.25) is 0 Å². The largest absolute Gasteiger partial charge is 0.380 e. The number of benzene rings is 1. The molecular formula is C17H30N2O. The first-order valence-corrected chi connectivity index (χ1v) is 7.75. The molecule has 0 radical (unpaired) electrons. The fourth-order valence-corrected chi connectivity index (χ4v) is 2.35. The van der Waals surface area contributed by atoms with Crippen molar-refractivity contribution < 1.29 is 4.74 Å². The Balaban J connectivity index is 2.44. The number of hydrogen-bond donors (Lipinski definition) is 1. The summed E-state index contributed by atoms with van der Waals surface area (Å²) in [6.45, 7) is 11.2. The van der Waals surface area contributed by atoms with E-state index < -0.39 is 0 Å². The summed E-state index contributed by atoms with van der Waals surface area (Å²) >= 11 is 0. The van der Waals surface area contributed by atoms with Crippen LogP contribution >= 0.6 is 0 Å². The van der Waals surface area contributed by atoms with Crippen molar-refractivity contribution in [2.75, 3.05) is 39.9 Å². The van der Waals surface area contributed by atoms with Gasteiger partial charge in [0.25, 0.3) is 0 Å². The summed E-state index contributed by atoms with van der Waals surface area (Å²) in [7, 11) is 2.04. The van der Waals surface area contributed by atoms with Gasteiger partial charge in [-0.05, 0) is 39.4 Å². The maximum atomic E-state index is 5.44. The molecule has 0 aromatic heterocycles. The predicted molar refractivity (Wildman–Crippen MR) is 86.2 cm³/mol. The number of aryl methyl sites for hydroxylation is 1. The van der Waals surface area contributed by atoms with Gasteiger partial charge in [-0.15, -0.1) is 0 Å². The molecule has 0 aliphatic carbocycles. The maximum Gasteiger partial charge on any atom is 0.0593 e. The molecule has 1 aromatic carbocycles. The van der Waals surface area contributed by atoms with E-state index in [2.05, 4.69) is 48.3 Å². The molecule has 1 aromatic rings. The van der Waals surface area contributed by atoms with E-state index in [1.54, 1.807) is 0 Å². The Kier molecular flexibility index (Phi) is 8.51. The third-order valence-electron chi connectivity index (χ3n) is 3.77. The van der Waals surface area contributed by atoms with Crippen LogP contribution in [0.4, 0.5) is 0 Å². The molecule has 0 spiro atoms. The number of rotatable bonds is 10. The van der Waals surface area contributed by atoms with E-state index in [0.717, 1.165) is 39.3 Å². The summed E-state index contributed by atoms with van der Waals surface area (Å²) in [6, 6.07) is 9.26. The van der Waals surface area contributed by atoms with Crippen molar-refractivity contribution >= 4 is 0 Å². The van der Waals surface area contributed by atoms with Crippen LogP contribution in [0.5, 0.6) is 0 Å². The van der Waals surface area contributed by atoms with Crippen LogP contribution < -0.4 is 5.32 Å². The van der Waals surface area contributed by atoms with E-state index >= 15 is 0 Å². The highest BCUT2D eigenvalue weighted by atomic mass is 16.5. The van der Waals surface area contributed by atoms with E-state index in [4.69, 9.17) is 4.74 Å². The lowest BCUT2D eigenvalue weighted by molar-refractivity contribution is 0.113. The van der Waals surface area contributed by atoms with Crippen LogP contribution in [0.25, 0.3) is 0 Å². The standard InChI is InChI=1S/C17H30N2O/c1-5-19(13-14-20-6-2)12-11-17(18-4)16-9-7-15(3)8-10-16/h7-10,17-18H,5-6,11-14H2,1-4H3. The molecule has 0 fully saturated rings. The highest BCUT2D eigenvalue weighted by Crippen LogP contribution is 2.17. The third kappa shape index (κ3) is 6.04. The van der Waals surface area contributed by atoms with Crippen LogP contribution in [0, 0.1) is 6.92 Å². The molecule has 0 aliphatic heterocycles. The summed E-state index contributed by atoms with van der Waals surface area (Å²) in [6.07, 6.45) is 1.12. The van der Waals surface area contributed by atoms with Gasteiger partial charge in [0, 0.05) is 25.7 Å². The molecule has 1 unspecified atom stereocenters. The van der Waals surface area contributed by atoms with E-state index in [1.165, 1.54) is 11.1 Å². The molecule has 20 heavy (non-hydrogen) atoms. The van der Waals surface area contributed by atoms with Crippen molar-refractivity contribution in [2.45, 2.75) is 33.2 Å². The summed E-state index contributed by atoms with van der Waals surface area (Å²) in [5.41, 5.74) is 2.69. The van der Waals surface area contributed by atoms with Crippen molar-refractivity contribution in [1.82, 2.24) is 10.2 Å². The van der Waals surface area contributed by atoms with Gasteiger partial charge >= 0.3 is 0 Å². The zero-order valence-corrected chi connectivity index (χ0v) is 13.5. The van der Waals surface area contributed by atoms with Crippen LogP contribution in [-0.2, 0) is 4.74 Å². The fraction of sp³-hybridized carbons (Fsp3) is 0.647. The average Bonchev–Trinajstić information content (AvgIpc) is 2.47. The zero-order chi connectivity index (χ0) is 14.8. The van der Waals surface area contributed by atoms with Gasteiger partial charge in [0.05, 0.1) is 6.61 Å². The minimum absolute atomic E-state index is 0.428. The Morgan fingerprint density at radius 3 is 2.40 bits per heavy atom. The minimum atomic E-state index is 0.428. The molecule has 0 aliphatic rings. The van der Waals surface area contributed by atoms with Crippen molar-refractivity contribution in [3.63, 3.8) is 0 Å². The van der Waals surface area contributed by atoms with Crippen LogP contribution in [0.15, 0.2) is 24.3 Å². The molecule has 0 saturated heterocycles. The van der Waals surface area contributed by atoms with Crippen LogP contribution in [0.1, 0.15) is 37.4 Å². The summed E-state index contributed by atoms with van der Waals surface area (Å²) in [4.78, 5) is 2.45. The van der Waals surface area contributed by atoms with Crippen molar-refractivity contribution in [3.05, 3.63) is 35.4 Å². The highest BCUT2D eigenvalue weighted by molar-refractivity contribution is 5.24. The first-order valence-electron chi connectivity index (χ1n) is 7.75. The molecule has 3 nitrogen and oxygen atoms in total. The molecule has 1 rings (SSSR count). The maximum absolute atomic E-state index is 5.44. The van der Waals surface area contributed by atoms with Crippen molar-refractivity contribution in [3.8, 4) is 0 Å². The minimum Gasteiger partial charge on any atom is -0.380 e. The molecule has 0 heterocycles. The first kappa shape index (κ1) is 17.2. The van der Waals surface area contributed by atoms with Gasteiger partial charge in [-0.25, -0.2) is 0 Å². The van der Waals surface area contributed by atoms with Gasteiger partial charge in [-0.1, -0.05) is 36.8 Å². The average molecular weight is 278 g/mol. The molecule has 0 bridgehead atoms. The van der Waals surface area contributed by atoms with E-state index in [9.17, 15) is 0 Å². The SMILES string of the molecule is CCOCCN(CC)CCC(NC)c1ccc(C)cc1. The lowest BCUT2D eigenvalue weighted by atomic mass is 10.0. The Labute approximate surface area is 124 Å². The number of nitrogens with one attached hydrogen (secondary N) is 1. The quantitative estimate of drug-likeness (QED) is 0.666. The second-order valence-electron chi connectivity index (χ2n) is 5.17. The van der Waals surface area contributed by atoms with Gasteiger partial charge in [-0.3, -0.25) is 0 Å². The fourth-order valence-electron chi connectivity index (χ4n) is 2.35. The third-order valence-corrected chi connectivity index (χ3v) is 3.77. The topological polar surface area (TPSA) is 24.5 Å². The zero-order valence-electron chi connectivity index (χ0n) is 13.5. The number of ether oxygens (including phenoxy) is 1. The van der Waals surface area contributed by atoms with Gasteiger partial charge in [-0.2, -0.15) is 0 Å². The Bertz CT molecular complexity index is 351. The molecule has 3 heteroatoms. The number of hydrogen-bond acceptors (Lipinski definition) is 3. The van der Waals surface area contributed by atoms with E-state index in [1.807, 2.05) is 14.0 Å². The highest BCUT2D eigenvalue weighted by Gasteiger charge is 2.11. The first-order chi connectivity index (χ1) is 9.71. The Morgan fingerprint density at radius 1 is 1.15 bits per heavy atom. The second kappa shape index (κ2) is 9.92. The monoisotopic (exact) mass is 278 g/mol. The summed E-state index contributed by atoms with van der Waals surface area (Å²) < 4.78 is 5.44. The number of nitrogens with zero attached hydrogens (tertiary/aromatic N) is 1. The second-order valence-corrected chi connectivity index (χ2v) is 5.17. The lowest BCUT2D eigenvalue weighted by Gasteiger charge is -2.24. The molecule has 1 atom stereocenters. The molecule has 0 saturated carbocycles. The van der Waals surface area contributed by atoms with Crippen LogP contribution in [0.3, 0.4) is 0 Å². The van der Waals surface area contributed by atoms with Crippen molar-refractivity contribution in [2.24, 2.45) is 0 Å². The van der Waals surface area contributed by atoms with Crippen molar-refractivity contribution in [1.29, 1.82) is 0 Å². The number of likely N-dealkylation sites (N-methyl/N-ethyl adjacent to an activating group) is 1. The van der Waals surface area contributed by atoms with Gasteiger partial charge in [0.1, 0.15) is 0 Å². The van der Waals surface area contributed by atoms with Gasteiger partial charge in [0.15, 0.2) is 0 Å².